The highest BCUT2D eigenvalue weighted by Crippen LogP contribution is 2.05. The Morgan fingerprint density at radius 1 is 1.04 bits per heavy atom. The maximum Gasteiger partial charge on any atom is 0.191 e. The lowest BCUT2D eigenvalue weighted by molar-refractivity contribution is 0.185. The van der Waals surface area contributed by atoms with Crippen molar-refractivity contribution in [3.8, 4) is 0 Å². The zero-order chi connectivity index (χ0) is 17.5. The van der Waals surface area contributed by atoms with Gasteiger partial charge in [0.15, 0.2) is 17.4 Å². The number of methoxy groups -OCH3 is 1. The first kappa shape index (κ1) is 20.1. The average molecular weight is 466 g/mol. The summed E-state index contributed by atoms with van der Waals surface area (Å²) in [4.78, 5) is 4.25. The van der Waals surface area contributed by atoms with Gasteiger partial charge in [-0.3, -0.25) is 9.39 Å². The minimum atomic E-state index is 0. The van der Waals surface area contributed by atoms with Gasteiger partial charge in [0, 0.05) is 26.9 Å². The van der Waals surface area contributed by atoms with Crippen LogP contribution < -0.4 is 10.6 Å². The molecule has 0 aliphatic rings. The molecular formula is C18H23IN6O. The molecule has 0 aliphatic carbocycles. The van der Waals surface area contributed by atoms with E-state index in [9.17, 15) is 0 Å². The molecule has 0 saturated heterocycles. The van der Waals surface area contributed by atoms with Crippen LogP contribution in [-0.2, 0) is 24.4 Å². The van der Waals surface area contributed by atoms with E-state index in [1.807, 2.05) is 28.8 Å². The molecule has 0 saturated carbocycles. The zero-order valence-electron chi connectivity index (χ0n) is 14.8. The number of fused-ring (bicyclic) bond motifs is 1. The summed E-state index contributed by atoms with van der Waals surface area (Å²) in [5.41, 5.74) is 3.17. The Balaban J connectivity index is 0.00000243. The van der Waals surface area contributed by atoms with Crippen LogP contribution in [-0.4, -0.2) is 34.7 Å². The van der Waals surface area contributed by atoms with E-state index in [0.717, 1.165) is 17.0 Å². The first-order valence-electron chi connectivity index (χ1n) is 8.10. The number of hydrogen-bond acceptors (Lipinski definition) is 4. The van der Waals surface area contributed by atoms with Crippen molar-refractivity contribution in [2.75, 3.05) is 14.2 Å². The van der Waals surface area contributed by atoms with Crippen LogP contribution in [0.1, 0.15) is 17.0 Å². The lowest BCUT2D eigenvalue weighted by Crippen LogP contribution is -2.36. The van der Waals surface area contributed by atoms with Crippen LogP contribution >= 0.6 is 24.0 Å². The highest BCUT2D eigenvalue weighted by Gasteiger charge is 2.05. The third-order valence-electron chi connectivity index (χ3n) is 3.82. The predicted molar refractivity (Wildman–Crippen MR) is 113 cm³/mol. The molecule has 2 heterocycles. The van der Waals surface area contributed by atoms with Gasteiger partial charge >= 0.3 is 0 Å². The molecule has 8 heteroatoms. The number of pyridine rings is 1. The Kier molecular flexibility index (Phi) is 7.79. The van der Waals surface area contributed by atoms with Crippen molar-refractivity contribution >= 4 is 35.6 Å². The minimum absolute atomic E-state index is 0. The molecular weight excluding hydrogens is 443 g/mol. The number of halogens is 1. The van der Waals surface area contributed by atoms with E-state index < -0.39 is 0 Å². The third-order valence-corrected chi connectivity index (χ3v) is 3.82. The van der Waals surface area contributed by atoms with Crippen LogP contribution in [0.2, 0.25) is 0 Å². The molecule has 0 radical (unpaired) electrons. The maximum absolute atomic E-state index is 5.12. The fourth-order valence-corrected chi connectivity index (χ4v) is 2.50. The Bertz CT molecular complexity index is 846. The van der Waals surface area contributed by atoms with Crippen molar-refractivity contribution in [1.29, 1.82) is 0 Å². The van der Waals surface area contributed by atoms with Crippen molar-refractivity contribution in [3.05, 3.63) is 65.6 Å². The standard InChI is InChI=1S/C18H22N6O.HI/c1-19-18(20-11-14-6-8-15(9-7-14)13-25-2)21-12-17-23-22-16-5-3-4-10-24(16)17;/h3-10H,11-13H2,1-2H3,(H2,19,20,21);1H. The Morgan fingerprint density at radius 2 is 1.77 bits per heavy atom. The highest BCUT2D eigenvalue weighted by atomic mass is 127. The largest absolute Gasteiger partial charge is 0.380 e. The molecule has 1 aromatic carbocycles. The third kappa shape index (κ3) is 5.15. The van der Waals surface area contributed by atoms with E-state index in [2.05, 4.69) is 50.1 Å². The number of nitrogens with zero attached hydrogens (tertiary/aromatic N) is 4. The number of aromatic nitrogens is 3. The molecule has 138 valence electrons. The number of rotatable bonds is 6. The Morgan fingerprint density at radius 3 is 2.50 bits per heavy atom. The Hall–Kier alpha value is -2.20. The number of aliphatic imine (C=N–C) groups is 1. The smallest absolute Gasteiger partial charge is 0.191 e. The Labute approximate surface area is 169 Å². The number of ether oxygens (including phenoxy) is 1. The molecule has 3 aromatic rings. The van der Waals surface area contributed by atoms with E-state index in [4.69, 9.17) is 4.74 Å². The summed E-state index contributed by atoms with van der Waals surface area (Å²) in [6, 6.07) is 14.1. The summed E-state index contributed by atoms with van der Waals surface area (Å²) in [6.45, 7) is 1.86. The number of nitrogens with one attached hydrogen (secondary N) is 2. The van der Waals surface area contributed by atoms with Crippen LogP contribution in [0.15, 0.2) is 53.7 Å². The average Bonchev–Trinajstić information content (AvgIpc) is 3.07. The van der Waals surface area contributed by atoms with Gasteiger partial charge in [-0.1, -0.05) is 30.3 Å². The molecule has 0 amide bonds. The molecule has 0 aliphatic heterocycles. The lowest BCUT2D eigenvalue weighted by Gasteiger charge is -2.11. The molecule has 7 nitrogen and oxygen atoms in total. The number of hydrogen-bond donors (Lipinski definition) is 2. The summed E-state index contributed by atoms with van der Waals surface area (Å²) in [6.07, 6.45) is 1.95. The first-order valence-corrected chi connectivity index (χ1v) is 8.10. The van der Waals surface area contributed by atoms with E-state index >= 15 is 0 Å². The summed E-state index contributed by atoms with van der Waals surface area (Å²) < 4.78 is 7.08. The summed E-state index contributed by atoms with van der Waals surface area (Å²) in [5, 5.41) is 14.9. The minimum Gasteiger partial charge on any atom is -0.380 e. The van der Waals surface area contributed by atoms with E-state index in [1.54, 1.807) is 14.2 Å². The lowest BCUT2D eigenvalue weighted by atomic mass is 10.1. The molecule has 0 fully saturated rings. The summed E-state index contributed by atoms with van der Waals surface area (Å²) in [7, 11) is 3.45. The molecule has 2 N–H and O–H groups in total. The highest BCUT2D eigenvalue weighted by molar-refractivity contribution is 14.0. The van der Waals surface area contributed by atoms with E-state index in [-0.39, 0.29) is 24.0 Å². The fraction of sp³-hybridized carbons (Fsp3) is 0.278. The van der Waals surface area contributed by atoms with Crippen LogP contribution in [0.25, 0.3) is 5.65 Å². The maximum atomic E-state index is 5.12. The second kappa shape index (κ2) is 10.1. The van der Waals surface area contributed by atoms with Crippen molar-refractivity contribution in [2.45, 2.75) is 19.7 Å². The molecule has 0 atom stereocenters. The molecule has 0 unspecified atom stereocenters. The molecule has 2 aromatic heterocycles. The van der Waals surface area contributed by atoms with Gasteiger partial charge in [-0.15, -0.1) is 34.2 Å². The second-order valence-corrected chi connectivity index (χ2v) is 5.57. The van der Waals surface area contributed by atoms with Crippen molar-refractivity contribution in [3.63, 3.8) is 0 Å². The van der Waals surface area contributed by atoms with Gasteiger partial charge in [0.25, 0.3) is 0 Å². The fourth-order valence-electron chi connectivity index (χ4n) is 2.50. The van der Waals surface area contributed by atoms with Crippen molar-refractivity contribution in [1.82, 2.24) is 25.2 Å². The van der Waals surface area contributed by atoms with Crippen LogP contribution in [0.4, 0.5) is 0 Å². The molecule has 3 rings (SSSR count). The summed E-state index contributed by atoms with van der Waals surface area (Å²) in [5.74, 6) is 1.55. The van der Waals surface area contributed by atoms with Crippen molar-refractivity contribution < 1.29 is 4.74 Å². The van der Waals surface area contributed by atoms with Crippen LogP contribution in [0, 0.1) is 0 Å². The topological polar surface area (TPSA) is 75.8 Å². The van der Waals surface area contributed by atoms with Gasteiger partial charge in [-0.2, -0.15) is 0 Å². The quantitative estimate of drug-likeness (QED) is 0.332. The SMILES string of the molecule is CN=C(NCc1ccc(COC)cc1)NCc1nnc2ccccn12.I. The first-order chi connectivity index (χ1) is 12.3. The van der Waals surface area contributed by atoms with E-state index in [0.29, 0.717) is 25.7 Å². The van der Waals surface area contributed by atoms with Gasteiger partial charge < -0.3 is 15.4 Å². The zero-order valence-corrected chi connectivity index (χ0v) is 17.2. The van der Waals surface area contributed by atoms with Crippen molar-refractivity contribution in [2.24, 2.45) is 4.99 Å². The van der Waals surface area contributed by atoms with E-state index in [1.165, 1.54) is 5.56 Å². The predicted octanol–water partition coefficient (Wildman–Crippen LogP) is 2.36. The molecule has 0 spiro atoms. The molecule has 26 heavy (non-hydrogen) atoms. The van der Waals surface area contributed by atoms with Gasteiger partial charge in [0.05, 0.1) is 13.2 Å². The monoisotopic (exact) mass is 466 g/mol. The number of guanidine groups is 1. The summed E-state index contributed by atoms with van der Waals surface area (Å²) >= 11 is 0. The number of benzene rings is 1. The molecule has 0 bridgehead atoms. The van der Waals surface area contributed by atoms with Crippen LogP contribution in [0.5, 0.6) is 0 Å². The van der Waals surface area contributed by atoms with Gasteiger partial charge in [0.2, 0.25) is 0 Å². The van der Waals surface area contributed by atoms with Gasteiger partial charge in [-0.05, 0) is 23.3 Å². The second-order valence-electron chi connectivity index (χ2n) is 5.57. The van der Waals surface area contributed by atoms with Gasteiger partial charge in [0.1, 0.15) is 0 Å². The van der Waals surface area contributed by atoms with Gasteiger partial charge in [-0.25, -0.2) is 0 Å². The normalized spacial score (nSPS) is 11.2. The van der Waals surface area contributed by atoms with Crippen LogP contribution in [0.3, 0.4) is 0 Å².